The van der Waals surface area contributed by atoms with Crippen LogP contribution in [0.4, 0.5) is 0 Å². The highest BCUT2D eigenvalue weighted by Crippen LogP contribution is 2.12. The lowest BCUT2D eigenvalue weighted by Crippen LogP contribution is -2.27. The van der Waals surface area contributed by atoms with Gasteiger partial charge in [-0.05, 0) is 6.07 Å². The molecule has 7 heteroatoms. The molecule has 0 aliphatic rings. The zero-order chi connectivity index (χ0) is 11.5. The molecule has 0 aliphatic heterocycles. The smallest absolute Gasteiger partial charge is 0.325 e. The summed E-state index contributed by atoms with van der Waals surface area (Å²) in [5.74, 6) is 0.0973. The summed E-state index contributed by atoms with van der Waals surface area (Å²) in [6.07, 6.45) is 2.78. The Bertz CT molecular complexity index is 589. The molecule has 2 heterocycles. The Kier molecular flexibility index (Phi) is 2.61. The largest absolute Gasteiger partial charge is 0.380 e. The van der Waals surface area contributed by atoms with E-state index in [1.54, 1.807) is 6.07 Å². The van der Waals surface area contributed by atoms with Crippen molar-refractivity contribution in [1.29, 1.82) is 0 Å². The molecule has 3 N–H and O–H groups in total. The van der Waals surface area contributed by atoms with Crippen molar-refractivity contribution in [1.82, 2.24) is 19.9 Å². The second-order valence-electron chi connectivity index (χ2n) is 3.04. The standard InChI is InChI=1S/C9H8N4O3/c14-6(7-10-2-1-3-11-7)5-4-12-9(16)13-8(5)15/h1-4,6,14H,(H2,12,13,15,16). The van der Waals surface area contributed by atoms with E-state index < -0.39 is 17.4 Å². The molecule has 2 rings (SSSR count). The Morgan fingerprint density at radius 2 is 1.94 bits per heavy atom. The van der Waals surface area contributed by atoms with Crippen molar-refractivity contribution in [2.75, 3.05) is 0 Å². The molecule has 0 saturated carbocycles. The fourth-order valence-corrected chi connectivity index (χ4v) is 1.21. The summed E-state index contributed by atoms with van der Waals surface area (Å²) < 4.78 is 0. The zero-order valence-corrected chi connectivity index (χ0v) is 8.04. The number of aromatic amines is 2. The van der Waals surface area contributed by atoms with Gasteiger partial charge in [-0.1, -0.05) is 0 Å². The molecule has 0 radical (unpaired) electrons. The lowest BCUT2D eigenvalue weighted by molar-refractivity contribution is 0.207. The maximum Gasteiger partial charge on any atom is 0.325 e. The lowest BCUT2D eigenvalue weighted by atomic mass is 10.2. The fourth-order valence-electron chi connectivity index (χ4n) is 1.21. The van der Waals surface area contributed by atoms with Crippen LogP contribution >= 0.6 is 0 Å². The highest BCUT2D eigenvalue weighted by Gasteiger charge is 2.16. The molecule has 16 heavy (non-hydrogen) atoms. The third-order valence-corrected chi connectivity index (χ3v) is 1.97. The van der Waals surface area contributed by atoms with E-state index in [0.29, 0.717) is 0 Å². The Morgan fingerprint density at radius 3 is 2.56 bits per heavy atom. The van der Waals surface area contributed by atoms with Crippen LogP contribution in [0.1, 0.15) is 17.5 Å². The molecule has 0 spiro atoms. The van der Waals surface area contributed by atoms with E-state index in [-0.39, 0.29) is 11.4 Å². The molecule has 2 aromatic rings. The van der Waals surface area contributed by atoms with Crippen molar-refractivity contribution in [3.8, 4) is 0 Å². The number of aromatic nitrogens is 4. The van der Waals surface area contributed by atoms with Gasteiger partial charge in [0.05, 0.1) is 5.56 Å². The second kappa shape index (κ2) is 4.07. The van der Waals surface area contributed by atoms with Gasteiger partial charge in [0.1, 0.15) is 6.10 Å². The van der Waals surface area contributed by atoms with Crippen LogP contribution in [0.3, 0.4) is 0 Å². The van der Waals surface area contributed by atoms with Crippen molar-refractivity contribution >= 4 is 0 Å². The summed E-state index contributed by atoms with van der Waals surface area (Å²) >= 11 is 0. The van der Waals surface area contributed by atoms with Crippen molar-refractivity contribution < 1.29 is 5.11 Å². The van der Waals surface area contributed by atoms with Gasteiger partial charge < -0.3 is 10.1 Å². The van der Waals surface area contributed by atoms with Crippen LogP contribution in [-0.4, -0.2) is 25.0 Å². The zero-order valence-electron chi connectivity index (χ0n) is 8.04. The van der Waals surface area contributed by atoms with Gasteiger partial charge >= 0.3 is 5.69 Å². The predicted molar refractivity (Wildman–Crippen MR) is 53.8 cm³/mol. The second-order valence-corrected chi connectivity index (χ2v) is 3.04. The van der Waals surface area contributed by atoms with E-state index in [1.165, 1.54) is 12.4 Å². The van der Waals surface area contributed by atoms with Crippen LogP contribution < -0.4 is 11.2 Å². The SMILES string of the molecule is O=c1[nH]cc(C(O)c2ncccn2)c(=O)[nH]1. The van der Waals surface area contributed by atoms with E-state index in [0.717, 1.165) is 6.20 Å². The number of nitrogens with zero attached hydrogens (tertiary/aromatic N) is 2. The third-order valence-electron chi connectivity index (χ3n) is 1.97. The van der Waals surface area contributed by atoms with Crippen LogP contribution in [0.15, 0.2) is 34.2 Å². The van der Waals surface area contributed by atoms with E-state index in [9.17, 15) is 14.7 Å². The highest BCUT2D eigenvalue weighted by molar-refractivity contribution is 5.15. The van der Waals surface area contributed by atoms with Crippen LogP contribution in [0, 0.1) is 0 Å². The van der Waals surface area contributed by atoms with Gasteiger partial charge in [-0.15, -0.1) is 0 Å². The summed E-state index contributed by atoms with van der Waals surface area (Å²) in [5.41, 5.74) is -1.30. The van der Waals surface area contributed by atoms with Crippen LogP contribution in [-0.2, 0) is 0 Å². The summed E-state index contributed by atoms with van der Waals surface area (Å²) in [4.78, 5) is 34.0. The number of aliphatic hydroxyl groups is 1. The number of H-pyrrole nitrogens is 2. The molecule has 7 nitrogen and oxygen atoms in total. The monoisotopic (exact) mass is 220 g/mol. The Morgan fingerprint density at radius 1 is 1.25 bits per heavy atom. The van der Waals surface area contributed by atoms with Gasteiger partial charge in [0, 0.05) is 18.6 Å². The third kappa shape index (κ3) is 1.89. The normalized spacial score (nSPS) is 12.3. The van der Waals surface area contributed by atoms with Crippen molar-refractivity contribution in [2.24, 2.45) is 0 Å². The molecule has 0 amide bonds. The van der Waals surface area contributed by atoms with Crippen LogP contribution in [0.5, 0.6) is 0 Å². The Labute approximate surface area is 88.8 Å². The molecule has 0 aliphatic carbocycles. The van der Waals surface area contributed by atoms with Crippen LogP contribution in [0.2, 0.25) is 0 Å². The number of hydrogen-bond acceptors (Lipinski definition) is 5. The van der Waals surface area contributed by atoms with E-state index >= 15 is 0 Å². The number of aliphatic hydroxyl groups excluding tert-OH is 1. The number of hydrogen-bond donors (Lipinski definition) is 3. The van der Waals surface area contributed by atoms with Crippen molar-refractivity contribution in [3.63, 3.8) is 0 Å². The molecular weight excluding hydrogens is 212 g/mol. The fraction of sp³-hybridized carbons (Fsp3) is 0.111. The van der Waals surface area contributed by atoms with E-state index in [1.807, 2.05) is 4.98 Å². The minimum atomic E-state index is -1.26. The molecule has 1 unspecified atom stereocenters. The quantitative estimate of drug-likeness (QED) is 0.597. The van der Waals surface area contributed by atoms with Gasteiger partial charge in [-0.25, -0.2) is 14.8 Å². The summed E-state index contributed by atoms with van der Waals surface area (Å²) in [7, 11) is 0. The number of nitrogens with one attached hydrogen (secondary N) is 2. The van der Waals surface area contributed by atoms with Gasteiger partial charge in [-0.3, -0.25) is 9.78 Å². The molecule has 0 bridgehead atoms. The molecule has 1 atom stereocenters. The average Bonchev–Trinajstić information content (AvgIpc) is 2.29. The average molecular weight is 220 g/mol. The summed E-state index contributed by atoms with van der Waals surface area (Å²) in [5, 5.41) is 9.80. The maximum absolute atomic E-state index is 11.4. The lowest BCUT2D eigenvalue weighted by Gasteiger charge is -2.06. The Hall–Kier alpha value is -2.28. The first kappa shape index (κ1) is 10.2. The van der Waals surface area contributed by atoms with Gasteiger partial charge in [-0.2, -0.15) is 0 Å². The first-order valence-electron chi connectivity index (χ1n) is 4.45. The van der Waals surface area contributed by atoms with Gasteiger partial charge in [0.2, 0.25) is 0 Å². The summed E-state index contributed by atoms with van der Waals surface area (Å²) in [6.45, 7) is 0. The van der Waals surface area contributed by atoms with Crippen molar-refractivity contribution in [3.05, 3.63) is 56.9 Å². The first-order chi connectivity index (χ1) is 7.68. The van der Waals surface area contributed by atoms with Crippen molar-refractivity contribution in [2.45, 2.75) is 6.10 Å². The van der Waals surface area contributed by atoms with Gasteiger partial charge in [0.15, 0.2) is 5.82 Å². The van der Waals surface area contributed by atoms with E-state index in [2.05, 4.69) is 15.0 Å². The first-order valence-corrected chi connectivity index (χ1v) is 4.45. The topological polar surface area (TPSA) is 112 Å². The van der Waals surface area contributed by atoms with Crippen LogP contribution in [0.25, 0.3) is 0 Å². The minimum Gasteiger partial charge on any atom is -0.380 e. The summed E-state index contributed by atoms with van der Waals surface area (Å²) in [6, 6.07) is 1.59. The molecule has 0 fully saturated rings. The molecule has 82 valence electrons. The number of rotatable bonds is 2. The van der Waals surface area contributed by atoms with E-state index in [4.69, 9.17) is 0 Å². The molecular formula is C9H8N4O3. The minimum absolute atomic E-state index is 0.00852. The van der Waals surface area contributed by atoms with Gasteiger partial charge in [0.25, 0.3) is 5.56 Å². The highest BCUT2D eigenvalue weighted by atomic mass is 16.3. The molecule has 2 aromatic heterocycles. The predicted octanol–water partition coefficient (Wildman–Crippen LogP) is -1.07. The molecule has 0 saturated heterocycles. The maximum atomic E-state index is 11.4. The molecule has 0 aromatic carbocycles. The Balaban J connectivity index is 2.46.